The summed E-state index contributed by atoms with van der Waals surface area (Å²) in [5.41, 5.74) is -0.291. The van der Waals surface area contributed by atoms with Crippen molar-refractivity contribution in [1.29, 1.82) is 0 Å². The van der Waals surface area contributed by atoms with Crippen molar-refractivity contribution in [2.75, 3.05) is 25.1 Å². The van der Waals surface area contributed by atoms with E-state index < -0.39 is 11.8 Å². The number of thiophene rings is 1. The fourth-order valence-electron chi connectivity index (χ4n) is 2.33. The highest BCUT2D eigenvalue weighted by molar-refractivity contribution is 7.18. The van der Waals surface area contributed by atoms with Gasteiger partial charge in [-0.1, -0.05) is 0 Å². The van der Waals surface area contributed by atoms with Crippen molar-refractivity contribution < 1.29 is 17.9 Å². The third-order valence-electron chi connectivity index (χ3n) is 3.61. The lowest BCUT2D eigenvalue weighted by Gasteiger charge is -2.49. The zero-order valence-electron chi connectivity index (χ0n) is 10.9. The number of ether oxygens (including phenoxy) is 1. The molecule has 0 aromatic carbocycles. The molecule has 0 bridgehead atoms. The molecule has 4 nitrogen and oxygen atoms in total. The smallest absolute Gasteiger partial charge is 0.365 e. The average molecular weight is 303 g/mol. The Hall–Kier alpha value is -1.41. The topological polar surface area (TPSA) is 38.2 Å². The third-order valence-corrected chi connectivity index (χ3v) is 4.69. The monoisotopic (exact) mass is 303 g/mol. The maximum atomic E-state index is 13.0. The molecule has 0 N–H and O–H groups in total. The molecular weight excluding hydrogens is 291 g/mol. The van der Waals surface area contributed by atoms with E-state index in [1.54, 1.807) is 4.90 Å². The van der Waals surface area contributed by atoms with Crippen LogP contribution >= 0.6 is 11.3 Å². The lowest BCUT2D eigenvalue weighted by molar-refractivity contribution is -0.277. The molecule has 108 valence electrons. The molecule has 1 fully saturated rings. The van der Waals surface area contributed by atoms with E-state index in [4.69, 9.17) is 4.74 Å². The van der Waals surface area contributed by atoms with E-state index in [0.717, 1.165) is 22.9 Å². The molecule has 3 rings (SSSR count). The Labute approximate surface area is 117 Å². The number of anilines is 1. The van der Waals surface area contributed by atoms with Gasteiger partial charge in [-0.05, 0) is 17.9 Å². The van der Waals surface area contributed by atoms with Gasteiger partial charge < -0.3 is 9.64 Å². The first kappa shape index (κ1) is 13.6. The van der Waals surface area contributed by atoms with Gasteiger partial charge in [0.25, 0.3) is 0 Å². The molecule has 8 heteroatoms. The lowest BCUT2D eigenvalue weighted by Crippen LogP contribution is -2.70. The van der Waals surface area contributed by atoms with Gasteiger partial charge in [0.1, 0.15) is 12.1 Å². The van der Waals surface area contributed by atoms with Crippen molar-refractivity contribution in [2.45, 2.75) is 18.7 Å². The first-order valence-corrected chi connectivity index (χ1v) is 6.81. The van der Waals surface area contributed by atoms with Crippen molar-refractivity contribution in [2.24, 2.45) is 0 Å². The second-order valence-electron chi connectivity index (χ2n) is 4.85. The summed E-state index contributed by atoms with van der Waals surface area (Å²) in [5.74, 6) is 0.546. The van der Waals surface area contributed by atoms with Gasteiger partial charge in [0.15, 0.2) is 5.60 Å². The summed E-state index contributed by atoms with van der Waals surface area (Å²) in [6.07, 6.45) is -2.99. The van der Waals surface area contributed by atoms with Crippen molar-refractivity contribution in [1.82, 2.24) is 9.97 Å². The number of halogens is 3. The summed E-state index contributed by atoms with van der Waals surface area (Å²) in [5, 5.41) is 1.93. The van der Waals surface area contributed by atoms with E-state index in [2.05, 4.69) is 9.97 Å². The van der Waals surface area contributed by atoms with Crippen molar-refractivity contribution >= 4 is 27.4 Å². The summed E-state index contributed by atoms with van der Waals surface area (Å²) in [7, 11) is 1.09. The molecule has 20 heavy (non-hydrogen) atoms. The Morgan fingerprint density at radius 3 is 2.65 bits per heavy atom. The second-order valence-corrected chi connectivity index (χ2v) is 5.73. The number of rotatable bonds is 2. The van der Waals surface area contributed by atoms with Gasteiger partial charge in [-0.3, -0.25) is 0 Å². The molecule has 1 aliphatic rings. The molecule has 0 atom stereocenters. The minimum absolute atomic E-state index is 0.240. The van der Waals surface area contributed by atoms with Crippen LogP contribution in [0.15, 0.2) is 11.7 Å². The normalized spacial score (nSPS) is 18.4. The van der Waals surface area contributed by atoms with Crippen LogP contribution in [0.25, 0.3) is 10.2 Å². The minimum Gasteiger partial charge on any atom is -0.365 e. The molecule has 0 saturated carbocycles. The van der Waals surface area contributed by atoms with Gasteiger partial charge in [-0.15, -0.1) is 11.3 Å². The largest absolute Gasteiger partial charge is 0.420 e. The fourth-order valence-corrected chi connectivity index (χ4v) is 3.35. The summed E-state index contributed by atoms with van der Waals surface area (Å²) < 4.78 is 44.5. The maximum Gasteiger partial charge on any atom is 0.420 e. The predicted molar refractivity (Wildman–Crippen MR) is 70.2 cm³/mol. The number of nitrogens with zero attached hydrogens (tertiary/aromatic N) is 3. The standard InChI is InChI=1S/C12H12F3N3OS/c1-7-3-20-9-8(7)16-6-17-10(9)18-4-11(5-18,19-2)12(13,14)15/h3,6H,4-5H2,1-2H3. The van der Waals surface area contributed by atoms with Crippen LogP contribution in [0.2, 0.25) is 0 Å². The maximum absolute atomic E-state index is 13.0. The molecular formula is C12H12F3N3OS. The van der Waals surface area contributed by atoms with E-state index in [1.165, 1.54) is 17.7 Å². The van der Waals surface area contributed by atoms with Crippen molar-refractivity contribution in [3.63, 3.8) is 0 Å². The van der Waals surface area contributed by atoms with E-state index in [9.17, 15) is 13.2 Å². The zero-order valence-corrected chi connectivity index (χ0v) is 11.7. The lowest BCUT2D eigenvalue weighted by atomic mass is 9.93. The van der Waals surface area contributed by atoms with Crippen LogP contribution in [0.5, 0.6) is 0 Å². The quantitative estimate of drug-likeness (QED) is 0.855. The highest BCUT2D eigenvalue weighted by Gasteiger charge is 2.63. The number of alkyl halides is 3. The van der Waals surface area contributed by atoms with Gasteiger partial charge >= 0.3 is 6.18 Å². The van der Waals surface area contributed by atoms with Gasteiger partial charge in [-0.25, -0.2) is 9.97 Å². The minimum atomic E-state index is -4.38. The number of hydrogen-bond acceptors (Lipinski definition) is 5. The van der Waals surface area contributed by atoms with E-state index >= 15 is 0 Å². The Bertz CT molecular complexity index is 649. The highest BCUT2D eigenvalue weighted by atomic mass is 32.1. The Morgan fingerprint density at radius 2 is 2.05 bits per heavy atom. The average Bonchev–Trinajstić information content (AvgIpc) is 2.70. The van der Waals surface area contributed by atoms with Crippen LogP contribution in [0.1, 0.15) is 5.56 Å². The van der Waals surface area contributed by atoms with Crippen LogP contribution in [-0.2, 0) is 4.74 Å². The highest BCUT2D eigenvalue weighted by Crippen LogP contribution is 2.43. The van der Waals surface area contributed by atoms with E-state index in [1.807, 2.05) is 12.3 Å². The number of methoxy groups -OCH3 is 1. The van der Waals surface area contributed by atoms with Crippen LogP contribution in [0.4, 0.5) is 19.0 Å². The fraction of sp³-hybridized carbons (Fsp3) is 0.500. The zero-order chi connectivity index (χ0) is 14.5. The van der Waals surface area contributed by atoms with Gasteiger partial charge in [0.2, 0.25) is 0 Å². The molecule has 0 unspecified atom stereocenters. The number of fused-ring (bicyclic) bond motifs is 1. The molecule has 2 aromatic heterocycles. The van der Waals surface area contributed by atoms with Crippen LogP contribution in [0, 0.1) is 6.92 Å². The Balaban J connectivity index is 1.93. The van der Waals surface area contributed by atoms with Gasteiger partial charge in [0.05, 0.1) is 23.3 Å². The van der Waals surface area contributed by atoms with Gasteiger partial charge in [0, 0.05) is 7.11 Å². The molecule has 1 aliphatic heterocycles. The van der Waals surface area contributed by atoms with Crippen LogP contribution in [-0.4, -0.2) is 41.9 Å². The molecule has 0 spiro atoms. The first-order chi connectivity index (χ1) is 9.38. The summed E-state index contributed by atoms with van der Waals surface area (Å²) in [4.78, 5) is 9.87. The molecule has 0 amide bonds. The predicted octanol–water partition coefficient (Wildman–Crippen LogP) is 2.77. The number of aryl methyl sites for hydroxylation is 1. The molecule has 1 saturated heterocycles. The summed E-state index contributed by atoms with van der Waals surface area (Å²) in [6, 6.07) is 0. The Morgan fingerprint density at radius 1 is 1.35 bits per heavy atom. The first-order valence-electron chi connectivity index (χ1n) is 5.93. The Kier molecular flexibility index (Phi) is 2.91. The second kappa shape index (κ2) is 4.29. The van der Waals surface area contributed by atoms with Crippen LogP contribution < -0.4 is 4.90 Å². The molecule has 0 aliphatic carbocycles. The summed E-state index contributed by atoms with van der Waals surface area (Å²) in [6.45, 7) is 1.44. The molecule has 0 radical (unpaired) electrons. The molecule has 2 aromatic rings. The molecule has 3 heterocycles. The van der Waals surface area contributed by atoms with E-state index in [-0.39, 0.29) is 13.1 Å². The van der Waals surface area contributed by atoms with Crippen molar-refractivity contribution in [3.8, 4) is 0 Å². The number of aromatic nitrogens is 2. The number of hydrogen-bond donors (Lipinski definition) is 0. The third kappa shape index (κ3) is 1.78. The summed E-state index contributed by atoms with van der Waals surface area (Å²) >= 11 is 1.44. The van der Waals surface area contributed by atoms with Crippen LogP contribution in [0.3, 0.4) is 0 Å². The van der Waals surface area contributed by atoms with Gasteiger partial charge in [-0.2, -0.15) is 13.2 Å². The SMILES string of the molecule is COC1(C(F)(F)F)CN(c2ncnc3c(C)csc23)C1. The van der Waals surface area contributed by atoms with E-state index in [0.29, 0.717) is 5.82 Å². The van der Waals surface area contributed by atoms with Crippen molar-refractivity contribution in [3.05, 3.63) is 17.3 Å².